The molecule has 35 heavy (non-hydrogen) atoms. The summed E-state index contributed by atoms with van der Waals surface area (Å²) >= 11 is 0. The summed E-state index contributed by atoms with van der Waals surface area (Å²) in [5.41, 5.74) is 5.47. The van der Waals surface area contributed by atoms with Gasteiger partial charge in [0.15, 0.2) is 0 Å². The number of benzene rings is 3. The summed E-state index contributed by atoms with van der Waals surface area (Å²) in [5, 5.41) is 9.28. The van der Waals surface area contributed by atoms with Crippen molar-refractivity contribution in [2.24, 2.45) is 0 Å². The lowest BCUT2D eigenvalue weighted by Crippen LogP contribution is -2.35. The highest BCUT2D eigenvalue weighted by Gasteiger charge is 2.36. The van der Waals surface area contributed by atoms with Crippen LogP contribution in [0.2, 0.25) is 0 Å². The van der Waals surface area contributed by atoms with E-state index in [0.717, 1.165) is 16.8 Å². The highest BCUT2D eigenvalue weighted by atomic mass is 16.5. The second kappa shape index (κ2) is 10.3. The Bertz CT molecular complexity index is 1330. The number of ether oxygens (including phenoxy) is 1. The smallest absolute Gasteiger partial charge is 0.254 e. The SMILES string of the molecule is COc1ccccc1NC(=O)C1=C(C)NC(C)=C(C(=O)Nc2ccccc2C)C1c1ccccc1. The maximum Gasteiger partial charge on any atom is 0.254 e. The van der Waals surface area contributed by atoms with E-state index in [-0.39, 0.29) is 11.8 Å². The molecule has 2 amide bonds. The number of carbonyl (C=O) groups excluding carboxylic acids is 2. The van der Waals surface area contributed by atoms with Crippen LogP contribution in [0.1, 0.15) is 30.9 Å². The first-order chi connectivity index (χ1) is 16.9. The number of carbonyl (C=O) groups is 2. The van der Waals surface area contributed by atoms with E-state index in [4.69, 9.17) is 4.74 Å². The van der Waals surface area contributed by atoms with Crippen molar-refractivity contribution in [1.82, 2.24) is 5.32 Å². The zero-order valence-electron chi connectivity index (χ0n) is 20.3. The van der Waals surface area contributed by atoms with Gasteiger partial charge in [-0.3, -0.25) is 9.59 Å². The van der Waals surface area contributed by atoms with Gasteiger partial charge in [0, 0.05) is 34.1 Å². The molecular formula is C29H29N3O3. The lowest BCUT2D eigenvalue weighted by Gasteiger charge is -2.31. The quantitative estimate of drug-likeness (QED) is 0.446. The zero-order valence-corrected chi connectivity index (χ0v) is 20.3. The van der Waals surface area contributed by atoms with Crippen molar-refractivity contribution in [1.29, 1.82) is 0 Å². The van der Waals surface area contributed by atoms with Gasteiger partial charge in [-0.2, -0.15) is 0 Å². The van der Waals surface area contributed by atoms with E-state index in [1.54, 1.807) is 19.2 Å². The van der Waals surface area contributed by atoms with E-state index in [2.05, 4.69) is 16.0 Å². The molecule has 0 spiro atoms. The van der Waals surface area contributed by atoms with Crippen LogP contribution in [0.15, 0.2) is 101 Å². The minimum atomic E-state index is -0.559. The number of anilines is 2. The Morgan fingerprint density at radius 2 is 1.23 bits per heavy atom. The lowest BCUT2D eigenvalue weighted by molar-refractivity contribution is -0.113. The van der Waals surface area contributed by atoms with Crippen molar-refractivity contribution >= 4 is 23.2 Å². The molecule has 3 aromatic rings. The van der Waals surface area contributed by atoms with E-state index in [9.17, 15) is 9.59 Å². The first-order valence-electron chi connectivity index (χ1n) is 11.5. The summed E-state index contributed by atoms with van der Waals surface area (Å²) in [5.74, 6) is -0.560. The maximum atomic E-state index is 13.7. The van der Waals surface area contributed by atoms with Gasteiger partial charge in [0.2, 0.25) is 0 Å². The number of amides is 2. The van der Waals surface area contributed by atoms with Gasteiger partial charge >= 0.3 is 0 Å². The average molecular weight is 468 g/mol. The molecule has 3 N–H and O–H groups in total. The molecule has 0 aromatic heterocycles. The number of rotatable bonds is 6. The molecule has 3 aromatic carbocycles. The van der Waals surface area contributed by atoms with Crippen LogP contribution in [-0.4, -0.2) is 18.9 Å². The topological polar surface area (TPSA) is 79.5 Å². The number of hydrogen-bond acceptors (Lipinski definition) is 4. The van der Waals surface area contributed by atoms with E-state index in [1.165, 1.54) is 0 Å². The third-order valence-electron chi connectivity index (χ3n) is 6.13. The van der Waals surface area contributed by atoms with Crippen LogP contribution in [0, 0.1) is 6.92 Å². The Balaban J connectivity index is 1.76. The number of nitrogens with one attached hydrogen (secondary N) is 3. The molecule has 0 saturated carbocycles. The predicted octanol–water partition coefficient (Wildman–Crippen LogP) is 5.52. The fourth-order valence-electron chi connectivity index (χ4n) is 4.42. The molecule has 1 heterocycles. The second-order valence-electron chi connectivity index (χ2n) is 8.47. The molecule has 1 aliphatic heterocycles. The largest absolute Gasteiger partial charge is 0.495 e. The Labute approximate surface area is 205 Å². The highest BCUT2D eigenvalue weighted by molar-refractivity contribution is 6.12. The van der Waals surface area contributed by atoms with Gasteiger partial charge in [0.25, 0.3) is 11.8 Å². The van der Waals surface area contributed by atoms with Crippen LogP contribution in [0.3, 0.4) is 0 Å². The molecule has 0 radical (unpaired) electrons. The summed E-state index contributed by atoms with van der Waals surface area (Å²) in [7, 11) is 1.56. The second-order valence-corrected chi connectivity index (χ2v) is 8.47. The number of hydrogen-bond donors (Lipinski definition) is 3. The summed E-state index contributed by atoms with van der Waals surface area (Å²) in [4.78, 5) is 27.4. The standard InChI is InChI=1S/C29H29N3O3/c1-18-12-8-9-15-22(18)31-28(33)25-19(2)30-20(3)26(27(25)21-13-6-5-7-14-21)29(34)32-23-16-10-11-17-24(23)35-4/h5-17,27,30H,1-4H3,(H,31,33)(H,32,34). The van der Waals surface area contributed by atoms with Crippen LogP contribution >= 0.6 is 0 Å². The number of methoxy groups -OCH3 is 1. The maximum absolute atomic E-state index is 13.7. The number of dihydropyridines is 1. The van der Waals surface area contributed by atoms with Crippen molar-refractivity contribution < 1.29 is 14.3 Å². The minimum Gasteiger partial charge on any atom is -0.495 e. The molecule has 1 aliphatic rings. The normalized spacial score (nSPS) is 15.4. The average Bonchev–Trinajstić information content (AvgIpc) is 2.85. The minimum absolute atomic E-state index is 0.256. The number of allylic oxidation sites excluding steroid dienone is 2. The summed E-state index contributed by atoms with van der Waals surface area (Å²) in [6.07, 6.45) is 0. The van der Waals surface area contributed by atoms with E-state index >= 15 is 0 Å². The molecule has 0 fully saturated rings. The molecule has 1 atom stereocenters. The molecule has 0 aliphatic carbocycles. The van der Waals surface area contributed by atoms with Gasteiger partial charge in [-0.1, -0.05) is 60.7 Å². The van der Waals surface area contributed by atoms with Crippen molar-refractivity contribution in [2.45, 2.75) is 26.7 Å². The van der Waals surface area contributed by atoms with Crippen LogP contribution < -0.4 is 20.7 Å². The fraction of sp³-hybridized carbons (Fsp3) is 0.172. The fourth-order valence-corrected chi connectivity index (χ4v) is 4.42. The van der Waals surface area contributed by atoms with Crippen LogP contribution in [0.25, 0.3) is 0 Å². The van der Waals surface area contributed by atoms with Gasteiger partial charge in [-0.25, -0.2) is 0 Å². The molecule has 1 unspecified atom stereocenters. The first kappa shape index (κ1) is 23.8. The van der Waals surface area contributed by atoms with Gasteiger partial charge in [0.1, 0.15) is 5.75 Å². The van der Waals surface area contributed by atoms with Gasteiger partial charge in [-0.05, 0) is 50.1 Å². The van der Waals surface area contributed by atoms with Crippen LogP contribution in [-0.2, 0) is 9.59 Å². The van der Waals surface area contributed by atoms with Crippen LogP contribution in [0.5, 0.6) is 5.75 Å². The molecule has 4 rings (SSSR count). The highest BCUT2D eigenvalue weighted by Crippen LogP contribution is 2.39. The monoisotopic (exact) mass is 467 g/mol. The molecule has 0 saturated heterocycles. The third-order valence-corrected chi connectivity index (χ3v) is 6.13. The number of aryl methyl sites for hydroxylation is 1. The third kappa shape index (κ3) is 4.96. The molecule has 0 bridgehead atoms. The molecule has 6 nitrogen and oxygen atoms in total. The summed E-state index contributed by atoms with van der Waals surface area (Å²) < 4.78 is 5.41. The lowest BCUT2D eigenvalue weighted by atomic mass is 9.79. The van der Waals surface area contributed by atoms with Gasteiger partial charge in [0.05, 0.1) is 12.8 Å². The summed E-state index contributed by atoms with van der Waals surface area (Å²) in [6.45, 7) is 5.66. The van der Waals surface area contributed by atoms with E-state index in [0.29, 0.717) is 34.0 Å². The van der Waals surface area contributed by atoms with Gasteiger partial charge in [-0.15, -0.1) is 0 Å². The molecular weight excluding hydrogens is 438 g/mol. The Morgan fingerprint density at radius 1 is 0.714 bits per heavy atom. The Hall–Kier alpha value is -4.32. The van der Waals surface area contributed by atoms with E-state index in [1.807, 2.05) is 87.5 Å². The summed E-state index contributed by atoms with van der Waals surface area (Å²) in [6, 6.07) is 24.5. The first-order valence-corrected chi connectivity index (χ1v) is 11.5. The molecule has 6 heteroatoms. The van der Waals surface area contributed by atoms with Crippen LogP contribution in [0.4, 0.5) is 11.4 Å². The predicted molar refractivity (Wildman–Crippen MR) is 139 cm³/mol. The van der Waals surface area contributed by atoms with Crippen molar-refractivity contribution in [2.75, 3.05) is 17.7 Å². The number of para-hydroxylation sites is 3. The van der Waals surface area contributed by atoms with Crippen molar-refractivity contribution in [3.8, 4) is 5.75 Å². The Morgan fingerprint density at radius 3 is 1.83 bits per heavy atom. The van der Waals surface area contributed by atoms with Crippen molar-refractivity contribution in [3.05, 3.63) is 113 Å². The van der Waals surface area contributed by atoms with E-state index < -0.39 is 5.92 Å². The zero-order chi connectivity index (χ0) is 24.9. The molecule has 178 valence electrons. The van der Waals surface area contributed by atoms with Gasteiger partial charge < -0.3 is 20.7 Å². The Kier molecular flexibility index (Phi) is 7.01. The van der Waals surface area contributed by atoms with Crippen molar-refractivity contribution in [3.63, 3.8) is 0 Å².